The summed E-state index contributed by atoms with van der Waals surface area (Å²) < 4.78 is 0.964. The summed E-state index contributed by atoms with van der Waals surface area (Å²) in [6, 6.07) is 3.31. The number of aromatic amines is 1. The van der Waals surface area contributed by atoms with E-state index < -0.39 is 0 Å². The van der Waals surface area contributed by atoms with Crippen LogP contribution in [-0.4, -0.2) is 15.0 Å². The van der Waals surface area contributed by atoms with Crippen molar-refractivity contribution in [2.75, 3.05) is 0 Å². The van der Waals surface area contributed by atoms with Crippen molar-refractivity contribution in [1.82, 2.24) is 15.0 Å². The predicted molar refractivity (Wildman–Crippen MR) is 65.7 cm³/mol. The fourth-order valence-electron chi connectivity index (χ4n) is 1.07. The molecule has 2 rings (SSSR count). The molecule has 82 valence electrons. The molecule has 2 aromatic heterocycles. The second-order valence-electron chi connectivity index (χ2n) is 3.11. The van der Waals surface area contributed by atoms with Gasteiger partial charge in [0, 0.05) is 22.9 Å². The molecule has 0 aliphatic rings. The highest BCUT2D eigenvalue weighted by Crippen LogP contribution is 2.24. The van der Waals surface area contributed by atoms with Gasteiger partial charge in [0.15, 0.2) is 5.16 Å². The van der Waals surface area contributed by atoms with Gasteiger partial charge in [-0.05, 0) is 46.2 Å². The number of rotatable bonds is 2. The Morgan fingerprint density at radius 1 is 1.44 bits per heavy atom. The minimum atomic E-state index is -0.161. The van der Waals surface area contributed by atoms with Crippen molar-refractivity contribution in [3.8, 4) is 0 Å². The minimum Gasteiger partial charge on any atom is -0.301 e. The second-order valence-corrected chi connectivity index (χ2v) is 4.98. The van der Waals surface area contributed by atoms with Crippen molar-refractivity contribution < 1.29 is 0 Å². The van der Waals surface area contributed by atoms with Crippen molar-refractivity contribution in [1.29, 1.82) is 0 Å². The molecule has 0 aromatic carbocycles. The Hall–Kier alpha value is -1.14. The standard InChI is InChI=1S/C10H8BrN3OS/c1-6-4-9(13-5-7(6)11)16-10-12-3-2-8(15)14-10/h2-5H,1H3,(H,12,14,15). The van der Waals surface area contributed by atoms with Gasteiger partial charge in [0.25, 0.3) is 5.56 Å². The highest BCUT2D eigenvalue weighted by Gasteiger charge is 2.03. The van der Waals surface area contributed by atoms with Gasteiger partial charge in [0.1, 0.15) is 5.03 Å². The Morgan fingerprint density at radius 2 is 2.25 bits per heavy atom. The van der Waals surface area contributed by atoms with Crippen LogP contribution in [0.1, 0.15) is 5.56 Å². The highest BCUT2D eigenvalue weighted by atomic mass is 79.9. The zero-order chi connectivity index (χ0) is 11.5. The second kappa shape index (κ2) is 4.80. The molecule has 0 aliphatic heterocycles. The molecular formula is C10H8BrN3OS. The van der Waals surface area contributed by atoms with Crippen LogP contribution in [0.5, 0.6) is 0 Å². The van der Waals surface area contributed by atoms with Crippen molar-refractivity contribution in [2.45, 2.75) is 17.1 Å². The molecule has 0 fully saturated rings. The molecule has 0 unspecified atom stereocenters. The number of nitrogens with zero attached hydrogens (tertiary/aromatic N) is 2. The number of H-pyrrole nitrogens is 1. The number of aromatic nitrogens is 3. The van der Waals surface area contributed by atoms with Crippen LogP contribution in [0.2, 0.25) is 0 Å². The normalized spacial score (nSPS) is 10.4. The third-order valence-electron chi connectivity index (χ3n) is 1.87. The Kier molecular flexibility index (Phi) is 3.40. The molecule has 0 radical (unpaired) electrons. The summed E-state index contributed by atoms with van der Waals surface area (Å²) in [7, 11) is 0. The Balaban J connectivity index is 2.27. The smallest absolute Gasteiger partial charge is 0.251 e. The monoisotopic (exact) mass is 297 g/mol. The first-order chi connectivity index (χ1) is 7.65. The molecule has 0 saturated carbocycles. The minimum absolute atomic E-state index is 0.161. The van der Waals surface area contributed by atoms with Crippen molar-refractivity contribution in [3.05, 3.63) is 44.9 Å². The Morgan fingerprint density at radius 3 is 2.94 bits per heavy atom. The first-order valence-electron chi connectivity index (χ1n) is 4.50. The maximum absolute atomic E-state index is 11.1. The first-order valence-corrected chi connectivity index (χ1v) is 6.11. The van der Waals surface area contributed by atoms with E-state index in [1.54, 1.807) is 6.20 Å². The van der Waals surface area contributed by atoms with Crippen molar-refractivity contribution >= 4 is 27.7 Å². The largest absolute Gasteiger partial charge is 0.301 e. The molecule has 0 saturated heterocycles. The summed E-state index contributed by atoms with van der Waals surface area (Å²) in [6.07, 6.45) is 3.21. The van der Waals surface area contributed by atoms with Crippen molar-refractivity contribution in [3.63, 3.8) is 0 Å². The maximum Gasteiger partial charge on any atom is 0.251 e. The lowest BCUT2D eigenvalue weighted by molar-refractivity contribution is 0.931. The first kappa shape index (κ1) is 11.3. The summed E-state index contributed by atoms with van der Waals surface area (Å²) in [4.78, 5) is 22.0. The van der Waals surface area contributed by atoms with E-state index in [1.165, 1.54) is 24.0 Å². The molecule has 0 atom stereocenters. The summed E-state index contributed by atoms with van der Waals surface area (Å²) in [5.74, 6) is 0. The van der Waals surface area contributed by atoms with Crippen LogP contribution < -0.4 is 5.56 Å². The molecule has 1 N–H and O–H groups in total. The van der Waals surface area contributed by atoms with Gasteiger partial charge in [-0.3, -0.25) is 4.79 Å². The third-order valence-corrected chi connectivity index (χ3v) is 3.53. The molecule has 0 aliphatic carbocycles. The lowest BCUT2D eigenvalue weighted by atomic mass is 10.3. The summed E-state index contributed by atoms with van der Waals surface area (Å²) >= 11 is 4.71. The number of hydrogen-bond acceptors (Lipinski definition) is 4. The Labute approximate surface area is 105 Å². The van der Waals surface area contributed by atoms with Crippen LogP contribution in [0.15, 0.2) is 44.0 Å². The van der Waals surface area contributed by atoms with Crippen molar-refractivity contribution in [2.24, 2.45) is 0 Å². The predicted octanol–water partition coefficient (Wildman–Crippen LogP) is 2.39. The zero-order valence-corrected chi connectivity index (χ0v) is 10.8. The van der Waals surface area contributed by atoms with E-state index in [9.17, 15) is 4.79 Å². The van der Waals surface area contributed by atoms with Gasteiger partial charge in [0.05, 0.1) is 0 Å². The van der Waals surface area contributed by atoms with Gasteiger partial charge >= 0.3 is 0 Å². The van der Waals surface area contributed by atoms with Crippen LogP contribution in [0.25, 0.3) is 0 Å². The third kappa shape index (κ3) is 2.70. The average molecular weight is 298 g/mol. The molecule has 6 heteroatoms. The zero-order valence-electron chi connectivity index (χ0n) is 8.40. The molecule has 0 amide bonds. The summed E-state index contributed by atoms with van der Waals surface area (Å²) in [5, 5.41) is 1.34. The fourth-order valence-corrected chi connectivity index (χ4v) is 2.09. The topological polar surface area (TPSA) is 58.6 Å². The molecule has 0 bridgehead atoms. The van der Waals surface area contributed by atoms with Gasteiger partial charge in [0.2, 0.25) is 0 Å². The van der Waals surface area contributed by atoms with Gasteiger partial charge in [-0.25, -0.2) is 9.97 Å². The van der Waals surface area contributed by atoms with Crippen LogP contribution in [0, 0.1) is 6.92 Å². The summed E-state index contributed by atoms with van der Waals surface area (Å²) in [6.45, 7) is 1.98. The van der Waals surface area contributed by atoms with E-state index in [4.69, 9.17) is 0 Å². The van der Waals surface area contributed by atoms with Crippen LogP contribution >= 0.6 is 27.7 Å². The van der Waals surface area contributed by atoms with E-state index in [-0.39, 0.29) is 5.56 Å². The van der Waals surface area contributed by atoms with E-state index in [2.05, 4.69) is 30.9 Å². The maximum atomic E-state index is 11.1. The number of pyridine rings is 1. The number of halogens is 1. The molecule has 2 heterocycles. The lowest BCUT2D eigenvalue weighted by Crippen LogP contribution is -2.05. The molecule has 0 spiro atoms. The average Bonchev–Trinajstić information content (AvgIpc) is 2.24. The number of hydrogen-bond donors (Lipinski definition) is 1. The van der Waals surface area contributed by atoms with E-state index in [0.29, 0.717) is 5.16 Å². The molecule has 16 heavy (non-hydrogen) atoms. The van der Waals surface area contributed by atoms with Gasteiger partial charge < -0.3 is 4.98 Å². The quantitative estimate of drug-likeness (QED) is 0.865. The van der Waals surface area contributed by atoms with Gasteiger partial charge in [-0.2, -0.15) is 0 Å². The highest BCUT2D eigenvalue weighted by molar-refractivity contribution is 9.10. The molecule has 4 nitrogen and oxygen atoms in total. The Bertz CT molecular complexity index is 570. The van der Waals surface area contributed by atoms with Gasteiger partial charge in [-0.1, -0.05) is 0 Å². The summed E-state index contributed by atoms with van der Waals surface area (Å²) in [5.41, 5.74) is 0.933. The van der Waals surface area contributed by atoms with E-state index >= 15 is 0 Å². The van der Waals surface area contributed by atoms with Crippen LogP contribution in [0.3, 0.4) is 0 Å². The lowest BCUT2D eigenvalue weighted by Gasteiger charge is -2.01. The van der Waals surface area contributed by atoms with Gasteiger partial charge in [-0.15, -0.1) is 0 Å². The van der Waals surface area contributed by atoms with E-state index in [1.807, 2.05) is 13.0 Å². The van der Waals surface area contributed by atoms with Crippen LogP contribution in [-0.2, 0) is 0 Å². The SMILES string of the molecule is Cc1cc(Sc2nccc(=O)[nH]2)ncc1Br. The number of nitrogens with one attached hydrogen (secondary N) is 1. The number of aryl methyl sites for hydroxylation is 1. The fraction of sp³-hybridized carbons (Fsp3) is 0.100. The molecule has 2 aromatic rings. The molecular weight excluding hydrogens is 290 g/mol. The van der Waals surface area contributed by atoms with E-state index in [0.717, 1.165) is 15.1 Å². The van der Waals surface area contributed by atoms with Crippen LogP contribution in [0.4, 0.5) is 0 Å².